The molecule has 1 atom stereocenters. The molecule has 120 valence electrons. The number of hydrogen-bond acceptors (Lipinski definition) is 3. The maximum Gasteiger partial charge on any atom is 0.244 e. The number of nitrogens with zero attached hydrogens (tertiary/aromatic N) is 1. The maximum atomic E-state index is 12.4. The molecule has 1 saturated heterocycles. The summed E-state index contributed by atoms with van der Waals surface area (Å²) in [4.78, 5) is 26.3. The second kappa shape index (κ2) is 7.94. The van der Waals surface area contributed by atoms with Gasteiger partial charge in [-0.15, -0.1) is 0 Å². The second-order valence-corrected chi connectivity index (χ2v) is 6.01. The standard InChI is InChI=1S/C17H25N3O2/c1-20(2)17(22)15(12-13-6-4-3-5-7-13)19-16(21)14-8-10-18-11-9-14/h3-7,14-15,18H,8-12H2,1-2H3,(H,19,21). The Morgan fingerprint density at radius 2 is 1.86 bits per heavy atom. The first-order valence-corrected chi connectivity index (χ1v) is 7.84. The van der Waals surface area contributed by atoms with Crippen molar-refractivity contribution in [2.75, 3.05) is 27.2 Å². The van der Waals surface area contributed by atoms with Gasteiger partial charge in [-0.25, -0.2) is 0 Å². The highest BCUT2D eigenvalue weighted by molar-refractivity contribution is 5.88. The molecule has 0 saturated carbocycles. The number of benzene rings is 1. The van der Waals surface area contributed by atoms with Gasteiger partial charge < -0.3 is 15.5 Å². The summed E-state index contributed by atoms with van der Waals surface area (Å²) >= 11 is 0. The van der Waals surface area contributed by atoms with Gasteiger partial charge in [-0.1, -0.05) is 30.3 Å². The predicted molar refractivity (Wildman–Crippen MR) is 86.4 cm³/mol. The zero-order valence-corrected chi connectivity index (χ0v) is 13.3. The van der Waals surface area contributed by atoms with E-state index in [0.717, 1.165) is 31.5 Å². The Hall–Kier alpha value is -1.88. The Morgan fingerprint density at radius 3 is 2.45 bits per heavy atom. The molecule has 2 rings (SSSR count). The molecule has 0 spiro atoms. The lowest BCUT2D eigenvalue weighted by molar-refractivity contribution is -0.135. The summed E-state index contributed by atoms with van der Waals surface area (Å²) < 4.78 is 0. The van der Waals surface area contributed by atoms with Crippen LogP contribution in [0.5, 0.6) is 0 Å². The summed E-state index contributed by atoms with van der Waals surface area (Å²) in [6.07, 6.45) is 2.19. The van der Waals surface area contributed by atoms with Gasteiger partial charge in [0.25, 0.3) is 0 Å². The Balaban J connectivity index is 2.03. The van der Waals surface area contributed by atoms with Gasteiger partial charge in [0.2, 0.25) is 11.8 Å². The molecule has 1 heterocycles. The van der Waals surface area contributed by atoms with Crippen LogP contribution in [0.15, 0.2) is 30.3 Å². The highest BCUT2D eigenvalue weighted by Crippen LogP contribution is 2.13. The van der Waals surface area contributed by atoms with Crippen LogP contribution in [-0.4, -0.2) is 49.9 Å². The molecule has 0 aromatic heterocycles. The molecule has 1 fully saturated rings. The van der Waals surface area contributed by atoms with Gasteiger partial charge in [-0.3, -0.25) is 9.59 Å². The fourth-order valence-electron chi connectivity index (χ4n) is 2.74. The number of carbonyl (C=O) groups is 2. The van der Waals surface area contributed by atoms with E-state index >= 15 is 0 Å². The van der Waals surface area contributed by atoms with E-state index in [1.54, 1.807) is 14.1 Å². The molecule has 0 aliphatic carbocycles. The fourth-order valence-corrected chi connectivity index (χ4v) is 2.74. The number of piperidine rings is 1. The summed E-state index contributed by atoms with van der Waals surface area (Å²) in [5.74, 6) is -0.0572. The van der Waals surface area contributed by atoms with Crippen molar-refractivity contribution in [1.82, 2.24) is 15.5 Å². The smallest absolute Gasteiger partial charge is 0.244 e. The van der Waals surface area contributed by atoms with Gasteiger partial charge in [0.15, 0.2) is 0 Å². The number of hydrogen-bond donors (Lipinski definition) is 2. The van der Waals surface area contributed by atoms with Gasteiger partial charge in [-0.05, 0) is 31.5 Å². The SMILES string of the molecule is CN(C)C(=O)C(Cc1ccccc1)NC(=O)C1CCNCC1. The third kappa shape index (κ3) is 4.56. The number of carbonyl (C=O) groups excluding carboxylic acids is 2. The van der Waals surface area contributed by atoms with Crippen LogP contribution < -0.4 is 10.6 Å². The monoisotopic (exact) mass is 303 g/mol. The van der Waals surface area contributed by atoms with Crippen molar-refractivity contribution in [3.8, 4) is 0 Å². The van der Waals surface area contributed by atoms with Crippen molar-refractivity contribution in [1.29, 1.82) is 0 Å². The molecule has 22 heavy (non-hydrogen) atoms. The van der Waals surface area contributed by atoms with Crippen LogP contribution in [0.1, 0.15) is 18.4 Å². The summed E-state index contributed by atoms with van der Waals surface area (Å²) in [5, 5.41) is 6.21. The van der Waals surface area contributed by atoms with Gasteiger partial charge in [0.05, 0.1) is 0 Å². The lowest BCUT2D eigenvalue weighted by Gasteiger charge is -2.26. The van der Waals surface area contributed by atoms with E-state index in [2.05, 4.69) is 10.6 Å². The third-order valence-electron chi connectivity index (χ3n) is 4.05. The van der Waals surface area contributed by atoms with Crippen molar-refractivity contribution < 1.29 is 9.59 Å². The molecule has 1 aliphatic rings. The van der Waals surface area contributed by atoms with Crippen molar-refractivity contribution in [3.63, 3.8) is 0 Å². The first kappa shape index (κ1) is 16.5. The quantitative estimate of drug-likeness (QED) is 0.846. The summed E-state index contributed by atoms with van der Waals surface area (Å²) in [6, 6.07) is 9.29. The van der Waals surface area contributed by atoms with E-state index in [1.807, 2.05) is 30.3 Å². The van der Waals surface area contributed by atoms with E-state index in [4.69, 9.17) is 0 Å². The van der Waals surface area contributed by atoms with E-state index in [9.17, 15) is 9.59 Å². The Labute approximate surface area is 132 Å². The summed E-state index contributed by atoms with van der Waals surface area (Å²) in [5.41, 5.74) is 1.05. The molecule has 0 bridgehead atoms. The van der Waals surface area contributed by atoms with E-state index in [0.29, 0.717) is 6.42 Å². The molecular weight excluding hydrogens is 278 g/mol. The van der Waals surface area contributed by atoms with E-state index in [1.165, 1.54) is 4.90 Å². The van der Waals surface area contributed by atoms with Crippen molar-refractivity contribution in [2.45, 2.75) is 25.3 Å². The van der Waals surface area contributed by atoms with Crippen LogP contribution in [0.3, 0.4) is 0 Å². The van der Waals surface area contributed by atoms with Gasteiger partial charge in [0, 0.05) is 26.4 Å². The minimum Gasteiger partial charge on any atom is -0.347 e. The molecule has 5 nitrogen and oxygen atoms in total. The molecule has 1 aliphatic heterocycles. The highest BCUT2D eigenvalue weighted by Gasteiger charge is 2.27. The predicted octanol–water partition coefficient (Wildman–Crippen LogP) is 0.802. The Kier molecular flexibility index (Phi) is 5.95. The largest absolute Gasteiger partial charge is 0.347 e. The first-order chi connectivity index (χ1) is 10.6. The van der Waals surface area contributed by atoms with E-state index < -0.39 is 6.04 Å². The van der Waals surface area contributed by atoms with Crippen molar-refractivity contribution in [3.05, 3.63) is 35.9 Å². The summed E-state index contributed by atoms with van der Waals surface area (Å²) in [7, 11) is 3.44. The molecule has 2 amide bonds. The number of rotatable bonds is 5. The molecule has 0 radical (unpaired) electrons. The van der Waals surface area contributed by atoms with Gasteiger partial charge in [0.1, 0.15) is 6.04 Å². The van der Waals surface area contributed by atoms with Crippen LogP contribution in [-0.2, 0) is 16.0 Å². The molecule has 1 aromatic carbocycles. The van der Waals surface area contributed by atoms with Gasteiger partial charge in [-0.2, -0.15) is 0 Å². The molecule has 1 aromatic rings. The molecule has 1 unspecified atom stereocenters. The lowest BCUT2D eigenvalue weighted by Crippen LogP contribution is -2.50. The van der Waals surface area contributed by atoms with Crippen molar-refractivity contribution >= 4 is 11.8 Å². The lowest BCUT2D eigenvalue weighted by atomic mass is 9.96. The number of likely N-dealkylation sites (N-methyl/N-ethyl adjacent to an activating group) is 1. The second-order valence-electron chi connectivity index (χ2n) is 6.01. The minimum atomic E-state index is -0.500. The highest BCUT2D eigenvalue weighted by atomic mass is 16.2. The average Bonchev–Trinajstić information content (AvgIpc) is 2.55. The molecule has 2 N–H and O–H groups in total. The fraction of sp³-hybridized carbons (Fsp3) is 0.529. The van der Waals surface area contributed by atoms with Crippen molar-refractivity contribution in [2.24, 2.45) is 5.92 Å². The number of amides is 2. The number of nitrogens with one attached hydrogen (secondary N) is 2. The zero-order chi connectivity index (χ0) is 15.9. The summed E-state index contributed by atoms with van der Waals surface area (Å²) in [6.45, 7) is 1.73. The Morgan fingerprint density at radius 1 is 1.23 bits per heavy atom. The van der Waals surface area contributed by atoms with Crippen LogP contribution in [0.2, 0.25) is 0 Å². The van der Waals surface area contributed by atoms with Crippen LogP contribution in [0.25, 0.3) is 0 Å². The van der Waals surface area contributed by atoms with Crippen LogP contribution in [0.4, 0.5) is 0 Å². The first-order valence-electron chi connectivity index (χ1n) is 7.84. The van der Waals surface area contributed by atoms with E-state index in [-0.39, 0.29) is 17.7 Å². The van der Waals surface area contributed by atoms with Crippen LogP contribution >= 0.6 is 0 Å². The molecular formula is C17H25N3O2. The Bertz CT molecular complexity index is 496. The van der Waals surface area contributed by atoms with Gasteiger partial charge >= 0.3 is 0 Å². The molecule has 5 heteroatoms. The average molecular weight is 303 g/mol. The topological polar surface area (TPSA) is 61.4 Å². The normalized spacial score (nSPS) is 16.8. The maximum absolute atomic E-state index is 12.4. The third-order valence-corrected chi connectivity index (χ3v) is 4.05. The minimum absolute atomic E-state index is 0.00219. The van der Waals surface area contributed by atoms with Crippen LogP contribution in [0, 0.1) is 5.92 Å². The zero-order valence-electron chi connectivity index (χ0n) is 13.3.